The fraction of sp³-hybridized carbons (Fsp3) is 0.478. The van der Waals surface area contributed by atoms with Crippen LogP contribution in [0, 0.1) is 19.8 Å². The number of esters is 2. The molecule has 58 heavy (non-hydrogen) atoms. The molecular formula is C46H58N2O10. The first-order chi connectivity index (χ1) is 28.3. The molecule has 0 saturated carbocycles. The fourth-order valence-electron chi connectivity index (χ4n) is 6.90. The molecule has 0 aromatic heterocycles. The molecule has 2 aliphatic heterocycles. The summed E-state index contributed by atoms with van der Waals surface area (Å²) < 4.78 is 34.1. The highest BCUT2D eigenvalue weighted by Crippen LogP contribution is 2.35. The highest BCUT2D eigenvalue weighted by atomic mass is 17.2. The Bertz CT molecular complexity index is 1750. The number of aryl methyl sites for hydroxylation is 2. The Hall–Kier alpha value is -4.88. The topological polar surface area (TPSA) is 133 Å². The Balaban J connectivity index is 0.961. The number of hydrogen-bond acceptors (Lipinski definition) is 12. The Kier molecular flexibility index (Phi) is 18.4. The molecule has 0 bridgehead atoms. The van der Waals surface area contributed by atoms with Gasteiger partial charge in [-0.3, -0.25) is 0 Å². The third-order valence-electron chi connectivity index (χ3n) is 10.1. The van der Waals surface area contributed by atoms with Gasteiger partial charge >= 0.3 is 11.9 Å². The molecule has 12 heteroatoms. The maximum atomic E-state index is 11.1. The first-order valence-electron chi connectivity index (χ1n) is 20.4. The monoisotopic (exact) mass is 798 g/mol. The standard InChI is InChI=1S/C46H58N2O10/c1-5-42(49)53-25-13-9-7-11-23-51-39-21-17-36(18-22-39)30-57-58-41-32-56-45-37(31-55-46(41)45)29-35-15-19-38(20-16-35)47-48-44-33(3)27-40(28-34(44)4)52-24-12-8-10-14-26-54-43(50)6-2/h5-6,15-22,27-28,37,41,45-46H,1-2,7-14,23-26,29-32H2,3-4H3/t37-,41+,45-,46-/m1/s1. The molecule has 0 aliphatic carbocycles. The lowest BCUT2D eigenvalue weighted by atomic mass is 9.94. The lowest BCUT2D eigenvalue weighted by molar-refractivity contribution is -0.341. The van der Waals surface area contributed by atoms with Crippen LogP contribution in [0.25, 0.3) is 0 Å². The summed E-state index contributed by atoms with van der Waals surface area (Å²) in [4.78, 5) is 33.6. The summed E-state index contributed by atoms with van der Waals surface area (Å²) in [6, 6.07) is 19.9. The maximum absolute atomic E-state index is 11.1. The lowest BCUT2D eigenvalue weighted by Crippen LogP contribution is -2.31. The average molecular weight is 799 g/mol. The van der Waals surface area contributed by atoms with E-state index in [4.69, 9.17) is 38.2 Å². The summed E-state index contributed by atoms with van der Waals surface area (Å²) in [5.74, 6) is 1.09. The number of ether oxygens (including phenoxy) is 6. The van der Waals surface area contributed by atoms with Gasteiger partial charge in [-0.1, -0.05) is 37.4 Å². The second-order valence-electron chi connectivity index (χ2n) is 14.6. The highest BCUT2D eigenvalue weighted by Gasteiger charge is 2.48. The van der Waals surface area contributed by atoms with Gasteiger partial charge in [0, 0.05) is 18.1 Å². The molecule has 0 unspecified atom stereocenters. The van der Waals surface area contributed by atoms with Crippen LogP contribution in [0.4, 0.5) is 11.4 Å². The number of azo groups is 1. The summed E-state index contributed by atoms with van der Waals surface area (Å²) in [6.45, 7) is 14.2. The number of benzene rings is 3. The van der Waals surface area contributed by atoms with Gasteiger partial charge in [0.2, 0.25) is 0 Å². The number of nitrogens with zero attached hydrogens (tertiary/aromatic N) is 2. The Morgan fingerprint density at radius 3 is 1.83 bits per heavy atom. The number of hydrogen-bond donors (Lipinski definition) is 0. The first kappa shape index (κ1) is 44.2. The van der Waals surface area contributed by atoms with E-state index in [-0.39, 0.29) is 36.2 Å². The molecule has 0 amide bonds. The van der Waals surface area contributed by atoms with Crippen LogP contribution in [0.5, 0.6) is 11.5 Å². The zero-order valence-corrected chi connectivity index (χ0v) is 33.9. The van der Waals surface area contributed by atoms with E-state index in [1.807, 2.05) is 62.4 Å². The normalized spacial score (nSPS) is 18.5. The van der Waals surface area contributed by atoms with Crippen LogP contribution in [-0.2, 0) is 51.3 Å². The minimum absolute atomic E-state index is 0.0577. The molecule has 5 rings (SSSR count). The predicted molar refractivity (Wildman–Crippen MR) is 220 cm³/mol. The first-order valence-corrected chi connectivity index (χ1v) is 20.4. The van der Waals surface area contributed by atoms with Gasteiger partial charge in [0.05, 0.1) is 57.1 Å². The van der Waals surface area contributed by atoms with E-state index in [1.54, 1.807) is 0 Å². The van der Waals surface area contributed by atoms with E-state index >= 15 is 0 Å². The van der Waals surface area contributed by atoms with Crippen LogP contribution in [0.15, 0.2) is 96.2 Å². The molecule has 0 radical (unpaired) electrons. The summed E-state index contributed by atoms with van der Waals surface area (Å²) in [5.41, 5.74) is 5.77. The number of carbonyl (C=O) groups is 2. The molecular weight excluding hydrogens is 741 g/mol. The molecule has 2 aliphatic rings. The van der Waals surface area contributed by atoms with Crippen molar-refractivity contribution in [1.82, 2.24) is 0 Å². The molecule has 2 fully saturated rings. The molecule has 312 valence electrons. The van der Waals surface area contributed by atoms with Crippen molar-refractivity contribution in [3.8, 4) is 11.5 Å². The van der Waals surface area contributed by atoms with Crippen LogP contribution in [0.3, 0.4) is 0 Å². The van der Waals surface area contributed by atoms with Crippen LogP contribution >= 0.6 is 0 Å². The third kappa shape index (κ3) is 14.5. The van der Waals surface area contributed by atoms with Gasteiger partial charge < -0.3 is 28.4 Å². The van der Waals surface area contributed by atoms with Gasteiger partial charge in [-0.2, -0.15) is 10.2 Å². The van der Waals surface area contributed by atoms with Crippen LogP contribution in [0.1, 0.15) is 73.6 Å². The van der Waals surface area contributed by atoms with E-state index in [1.165, 1.54) is 17.7 Å². The van der Waals surface area contributed by atoms with Gasteiger partial charge in [-0.15, -0.1) is 0 Å². The molecule has 3 aromatic carbocycles. The van der Waals surface area contributed by atoms with Gasteiger partial charge in [-0.25, -0.2) is 19.4 Å². The van der Waals surface area contributed by atoms with E-state index in [0.717, 1.165) is 97.4 Å². The Morgan fingerprint density at radius 1 is 0.672 bits per heavy atom. The van der Waals surface area contributed by atoms with Crippen molar-refractivity contribution in [2.24, 2.45) is 16.1 Å². The van der Waals surface area contributed by atoms with Crippen molar-refractivity contribution < 1.29 is 47.8 Å². The Morgan fingerprint density at radius 2 is 1.22 bits per heavy atom. The van der Waals surface area contributed by atoms with Crippen molar-refractivity contribution in [1.29, 1.82) is 0 Å². The van der Waals surface area contributed by atoms with Gasteiger partial charge in [0.1, 0.15) is 30.3 Å². The van der Waals surface area contributed by atoms with Crippen molar-refractivity contribution in [3.05, 3.63) is 108 Å². The predicted octanol–water partition coefficient (Wildman–Crippen LogP) is 9.53. The number of unbranched alkanes of at least 4 members (excludes halogenated alkanes) is 6. The molecule has 0 spiro atoms. The van der Waals surface area contributed by atoms with Crippen molar-refractivity contribution in [3.63, 3.8) is 0 Å². The van der Waals surface area contributed by atoms with Gasteiger partial charge in [-0.05, 0) is 130 Å². The zero-order valence-electron chi connectivity index (χ0n) is 33.9. The van der Waals surface area contributed by atoms with Crippen LogP contribution in [-0.4, -0.2) is 69.9 Å². The van der Waals surface area contributed by atoms with E-state index < -0.39 is 0 Å². The largest absolute Gasteiger partial charge is 0.494 e. The molecule has 4 atom stereocenters. The molecule has 0 N–H and O–H groups in total. The van der Waals surface area contributed by atoms with Crippen LogP contribution in [0.2, 0.25) is 0 Å². The second-order valence-corrected chi connectivity index (χ2v) is 14.6. The van der Waals surface area contributed by atoms with E-state index in [0.29, 0.717) is 46.2 Å². The molecule has 2 heterocycles. The van der Waals surface area contributed by atoms with E-state index in [2.05, 4.69) is 35.5 Å². The quantitative estimate of drug-likeness (QED) is 0.0193. The maximum Gasteiger partial charge on any atom is 0.330 e. The number of fused-ring (bicyclic) bond motifs is 1. The van der Waals surface area contributed by atoms with Gasteiger partial charge in [0.25, 0.3) is 0 Å². The summed E-state index contributed by atoms with van der Waals surface area (Å²) in [6.07, 6.45) is 10.1. The third-order valence-corrected chi connectivity index (χ3v) is 10.1. The summed E-state index contributed by atoms with van der Waals surface area (Å²) in [5, 5.41) is 9.10. The summed E-state index contributed by atoms with van der Waals surface area (Å²) >= 11 is 0. The average Bonchev–Trinajstić information content (AvgIpc) is 3.83. The number of rotatable bonds is 26. The highest BCUT2D eigenvalue weighted by molar-refractivity contribution is 5.81. The second kappa shape index (κ2) is 24.1. The molecule has 3 aromatic rings. The fourth-order valence-corrected chi connectivity index (χ4v) is 6.90. The van der Waals surface area contributed by atoms with Crippen molar-refractivity contribution in [2.45, 2.75) is 96.6 Å². The zero-order chi connectivity index (χ0) is 41.0. The smallest absolute Gasteiger partial charge is 0.330 e. The molecule has 12 nitrogen and oxygen atoms in total. The van der Waals surface area contributed by atoms with Gasteiger partial charge in [0.15, 0.2) is 0 Å². The lowest BCUT2D eigenvalue weighted by Gasteiger charge is -2.16. The van der Waals surface area contributed by atoms with Crippen molar-refractivity contribution >= 4 is 23.3 Å². The number of carbonyl (C=O) groups excluding carboxylic acids is 2. The SMILES string of the molecule is C=CC(=O)OCCCCCCOc1ccc(COO[C@H]2CO[C@@H]3[C@H](Cc4ccc(N=Nc5c(C)cc(OCCCCCCOC(=O)C=C)cc5C)cc4)CO[C@@H]32)cc1. The Labute approximate surface area is 342 Å². The minimum Gasteiger partial charge on any atom is -0.494 e. The van der Waals surface area contributed by atoms with Crippen LogP contribution < -0.4 is 9.47 Å². The summed E-state index contributed by atoms with van der Waals surface area (Å²) in [7, 11) is 0. The van der Waals surface area contributed by atoms with Crippen molar-refractivity contribution in [2.75, 3.05) is 39.6 Å². The molecule has 2 saturated heterocycles. The minimum atomic E-state index is -0.376. The van der Waals surface area contributed by atoms with E-state index in [9.17, 15) is 9.59 Å².